The van der Waals surface area contributed by atoms with Gasteiger partial charge < -0.3 is 24.1 Å². The average molecular weight is 537 g/mol. The number of methoxy groups -OCH3 is 1. The zero-order valence-electron chi connectivity index (χ0n) is 24.0. The lowest BCUT2D eigenvalue weighted by molar-refractivity contribution is -0.165. The molecule has 0 aromatic heterocycles. The second kappa shape index (κ2) is 10.2. The van der Waals surface area contributed by atoms with Gasteiger partial charge in [0, 0.05) is 11.1 Å². The fourth-order valence-corrected chi connectivity index (χ4v) is 7.00. The van der Waals surface area contributed by atoms with E-state index in [1.807, 2.05) is 26.8 Å². The standard InChI is InChI=1S/C32H40O7/c1-16(2)10-24(33)21-8-9-25-27(29(21)36-7)31(35)37-15-19-11-17(3)12-26(28(19)38-25)39-30(34)22-13-20-14-23(18(22)4)32(20,5)6/h8-9,11-12,16,18,20,22-24,33H,10,13-15H2,1-7H3/t18?,20?,22?,23?,24-/m0/s1. The number of carbonyl (C=O) groups is 2. The average Bonchev–Trinajstić information content (AvgIpc) is 2.86. The highest BCUT2D eigenvalue weighted by atomic mass is 16.6. The molecular formula is C32H40O7. The topological polar surface area (TPSA) is 91.3 Å². The summed E-state index contributed by atoms with van der Waals surface area (Å²) in [6.45, 7) is 12.7. The molecule has 6 rings (SSSR count). The van der Waals surface area contributed by atoms with Crippen LogP contribution in [0.2, 0.25) is 0 Å². The molecule has 4 unspecified atom stereocenters. The molecule has 1 aliphatic heterocycles. The molecular weight excluding hydrogens is 496 g/mol. The minimum atomic E-state index is -0.816. The van der Waals surface area contributed by atoms with E-state index in [0.717, 1.165) is 12.0 Å². The van der Waals surface area contributed by atoms with E-state index in [2.05, 4.69) is 20.8 Å². The number of aliphatic hydroxyl groups is 1. The van der Waals surface area contributed by atoms with Gasteiger partial charge in [-0.15, -0.1) is 0 Å². The van der Waals surface area contributed by atoms with Crippen molar-refractivity contribution in [3.8, 4) is 23.0 Å². The van der Waals surface area contributed by atoms with Gasteiger partial charge in [0.05, 0.1) is 19.1 Å². The molecule has 7 nitrogen and oxygen atoms in total. The molecule has 0 saturated heterocycles. The van der Waals surface area contributed by atoms with Crippen molar-refractivity contribution in [2.24, 2.45) is 35.0 Å². The molecule has 0 amide bonds. The van der Waals surface area contributed by atoms with E-state index in [4.69, 9.17) is 18.9 Å². The highest BCUT2D eigenvalue weighted by Gasteiger charge is 2.58. The van der Waals surface area contributed by atoms with Crippen molar-refractivity contribution in [3.05, 3.63) is 46.5 Å². The second-order valence-corrected chi connectivity index (χ2v) is 12.6. The van der Waals surface area contributed by atoms with Crippen LogP contribution >= 0.6 is 0 Å². The first-order chi connectivity index (χ1) is 18.4. The molecule has 2 aromatic rings. The van der Waals surface area contributed by atoms with Crippen LogP contribution in [0.1, 0.15) is 87.0 Å². The van der Waals surface area contributed by atoms with Crippen LogP contribution in [0.25, 0.3) is 0 Å². The number of carbonyl (C=O) groups excluding carboxylic acids is 2. The molecule has 0 radical (unpaired) electrons. The normalized spacial score (nSPS) is 25.6. The molecule has 7 heteroatoms. The Labute approximate surface area is 230 Å². The Hall–Kier alpha value is -3.06. The van der Waals surface area contributed by atoms with Gasteiger partial charge in [0.25, 0.3) is 0 Å². The van der Waals surface area contributed by atoms with Gasteiger partial charge in [-0.05, 0) is 85.1 Å². The monoisotopic (exact) mass is 536 g/mol. The fraction of sp³-hybridized carbons (Fsp3) is 0.562. The maximum atomic E-state index is 13.5. The number of aliphatic hydroxyl groups excluding tert-OH is 1. The number of ether oxygens (including phenoxy) is 4. The molecule has 2 aromatic carbocycles. The molecule has 3 fully saturated rings. The molecule has 2 bridgehead atoms. The predicted molar refractivity (Wildman–Crippen MR) is 146 cm³/mol. The number of hydrogen-bond donors (Lipinski definition) is 1. The molecule has 0 spiro atoms. The van der Waals surface area contributed by atoms with Crippen LogP contribution in [0, 0.1) is 41.9 Å². The molecule has 3 saturated carbocycles. The summed E-state index contributed by atoms with van der Waals surface area (Å²) in [7, 11) is 1.45. The van der Waals surface area contributed by atoms with Crippen LogP contribution in [-0.4, -0.2) is 24.2 Å². The maximum Gasteiger partial charge on any atom is 0.346 e. The Balaban J connectivity index is 1.49. The van der Waals surface area contributed by atoms with E-state index in [1.54, 1.807) is 18.2 Å². The van der Waals surface area contributed by atoms with Gasteiger partial charge in [-0.3, -0.25) is 4.79 Å². The first-order valence-electron chi connectivity index (χ1n) is 14.0. The van der Waals surface area contributed by atoms with E-state index in [0.29, 0.717) is 40.9 Å². The SMILES string of the molecule is COc1c([C@@H](O)CC(C)C)ccc2c1C(=O)OCc1cc(C)cc(OC(=O)C3CC4CC(C3C)C4(C)C)c1O2. The van der Waals surface area contributed by atoms with E-state index in [-0.39, 0.29) is 52.8 Å². The summed E-state index contributed by atoms with van der Waals surface area (Å²) in [6, 6.07) is 6.99. The van der Waals surface area contributed by atoms with Crippen LogP contribution in [0.5, 0.6) is 23.0 Å². The van der Waals surface area contributed by atoms with Crippen LogP contribution in [0.15, 0.2) is 24.3 Å². The summed E-state index contributed by atoms with van der Waals surface area (Å²) in [5, 5.41) is 10.8. The minimum absolute atomic E-state index is 0.0556. The number of cyclic esters (lactones) is 1. The first-order valence-corrected chi connectivity index (χ1v) is 14.0. The third kappa shape index (κ3) is 4.79. The predicted octanol–water partition coefficient (Wildman–Crippen LogP) is 6.77. The summed E-state index contributed by atoms with van der Waals surface area (Å²) >= 11 is 0. The van der Waals surface area contributed by atoms with Gasteiger partial charge in [0.15, 0.2) is 11.5 Å². The van der Waals surface area contributed by atoms with E-state index >= 15 is 0 Å². The molecule has 1 heterocycles. The highest BCUT2D eigenvalue weighted by Crippen LogP contribution is 2.63. The van der Waals surface area contributed by atoms with Crippen LogP contribution in [0.4, 0.5) is 0 Å². The van der Waals surface area contributed by atoms with Crippen LogP contribution < -0.4 is 14.2 Å². The van der Waals surface area contributed by atoms with Gasteiger partial charge in [0.2, 0.25) is 0 Å². The smallest absolute Gasteiger partial charge is 0.346 e. The summed E-state index contributed by atoms with van der Waals surface area (Å²) < 4.78 is 23.7. The van der Waals surface area contributed by atoms with Crippen molar-refractivity contribution < 1.29 is 33.6 Å². The number of hydrogen-bond acceptors (Lipinski definition) is 7. The number of benzene rings is 2. The molecule has 1 N–H and O–H groups in total. The highest BCUT2D eigenvalue weighted by molar-refractivity contribution is 5.97. The summed E-state index contributed by atoms with van der Waals surface area (Å²) in [4.78, 5) is 26.7. The van der Waals surface area contributed by atoms with Gasteiger partial charge in [-0.25, -0.2) is 4.79 Å². The van der Waals surface area contributed by atoms with Crippen molar-refractivity contribution in [1.82, 2.24) is 0 Å². The maximum absolute atomic E-state index is 13.5. The zero-order chi connectivity index (χ0) is 28.2. The lowest BCUT2D eigenvalue weighted by atomic mass is 9.43. The number of esters is 2. The van der Waals surface area contributed by atoms with Gasteiger partial charge in [0.1, 0.15) is 23.7 Å². The molecule has 210 valence electrons. The number of aryl methyl sites for hydroxylation is 1. The van der Waals surface area contributed by atoms with Gasteiger partial charge in [-0.1, -0.05) is 34.6 Å². The Morgan fingerprint density at radius 2 is 1.95 bits per heavy atom. The quantitative estimate of drug-likeness (QED) is 0.322. The van der Waals surface area contributed by atoms with Crippen molar-refractivity contribution in [3.63, 3.8) is 0 Å². The lowest BCUT2D eigenvalue weighted by Gasteiger charge is -2.61. The molecule has 4 aliphatic rings. The van der Waals surface area contributed by atoms with E-state index in [9.17, 15) is 14.7 Å². The molecule has 39 heavy (non-hydrogen) atoms. The largest absolute Gasteiger partial charge is 0.495 e. The zero-order valence-corrected chi connectivity index (χ0v) is 24.0. The Bertz CT molecular complexity index is 1290. The van der Waals surface area contributed by atoms with Gasteiger partial charge in [-0.2, -0.15) is 0 Å². The van der Waals surface area contributed by atoms with Crippen LogP contribution in [-0.2, 0) is 16.1 Å². The molecule has 5 atom stereocenters. The number of fused-ring (bicyclic) bond motifs is 4. The summed E-state index contributed by atoms with van der Waals surface area (Å²) in [5.41, 5.74) is 2.34. The number of rotatable bonds is 6. The fourth-order valence-electron chi connectivity index (χ4n) is 7.00. The summed E-state index contributed by atoms with van der Waals surface area (Å²) in [6.07, 6.45) is 1.70. The van der Waals surface area contributed by atoms with Gasteiger partial charge >= 0.3 is 11.9 Å². The van der Waals surface area contributed by atoms with Crippen molar-refractivity contribution in [2.45, 2.75) is 73.5 Å². The lowest BCUT2D eigenvalue weighted by Crippen LogP contribution is -2.56. The third-order valence-corrected chi connectivity index (χ3v) is 9.33. The minimum Gasteiger partial charge on any atom is -0.495 e. The van der Waals surface area contributed by atoms with E-state index in [1.165, 1.54) is 13.5 Å². The Morgan fingerprint density at radius 3 is 2.59 bits per heavy atom. The Morgan fingerprint density at radius 1 is 1.21 bits per heavy atom. The first kappa shape index (κ1) is 27.5. The van der Waals surface area contributed by atoms with Crippen LogP contribution in [0.3, 0.4) is 0 Å². The third-order valence-electron chi connectivity index (χ3n) is 9.33. The van der Waals surface area contributed by atoms with Crippen molar-refractivity contribution in [1.29, 1.82) is 0 Å². The van der Waals surface area contributed by atoms with E-state index < -0.39 is 12.1 Å². The second-order valence-electron chi connectivity index (χ2n) is 12.6. The van der Waals surface area contributed by atoms with Crippen molar-refractivity contribution >= 4 is 11.9 Å². The summed E-state index contributed by atoms with van der Waals surface area (Å²) in [5.74, 6) is 1.61. The molecule has 3 aliphatic carbocycles. The van der Waals surface area contributed by atoms with Crippen molar-refractivity contribution in [2.75, 3.05) is 7.11 Å². The Kier molecular flexibility index (Phi) is 7.17.